The molecule has 0 aromatic carbocycles. The third-order valence-corrected chi connectivity index (χ3v) is 14.9. The zero-order chi connectivity index (χ0) is 32.4. The Morgan fingerprint density at radius 3 is 2.16 bits per heavy atom. The van der Waals surface area contributed by atoms with Crippen LogP contribution in [0.25, 0.3) is 0 Å². The van der Waals surface area contributed by atoms with Crippen molar-refractivity contribution in [3.63, 3.8) is 0 Å². The van der Waals surface area contributed by atoms with Crippen molar-refractivity contribution >= 4 is 5.97 Å². The summed E-state index contributed by atoms with van der Waals surface area (Å²) in [6.45, 7) is 15.1. The Balaban J connectivity index is 1.39. The molecule has 6 aliphatic rings. The number of ether oxygens (including phenoxy) is 2. The van der Waals surface area contributed by atoms with E-state index >= 15 is 0 Å². The number of esters is 1. The molecule has 5 fully saturated rings. The molecule has 0 amide bonds. The highest BCUT2D eigenvalue weighted by Gasteiger charge is 2.71. The van der Waals surface area contributed by atoms with Crippen molar-refractivity contribution in [2.45, 2.75) is 143 Å². The number of hydrogen-bond acceptors (Lipinski definition) is 9. The minimum atomic E-state index is -1.57. The first-order valence-corrected chi connectivity index (χ1v) is 16.9. The van der Waals surface area contributed by atoms with Gasteiger partial charge in [0.25, 0.3) is 0 Å². The van der Waals surface area contributed by atoms with Crippen LogP contribution in [0.5, 0.6) is 0 Å². The Morgan fingerprint density at radius 1 is 0.818 bits per heavy atom. The Hall–Kier alpha value is -1.07. The summed E-state index contributed by atoms with van der Waals surface area (Å²) in [4.78, 5) is 14.3. The van der Waals surface area contributed by atoms with Gasteiger partial charge >= 0.3 is 5.97 Å². The molecule has 6 N–H and O–H groups in total. The fourth-order valence-corrected chi connectivity index (χ4v) is 11.8. The summed E-state index contributed by atoms with van der Waals surface area (Å²) in [5.41, 5.74) is -1.37. The molecular weight excluding hydrogens is 564 g/mol. The van der Waals surface area contributed by atoms with E-state index in [0.29, 0.717) is 25.7 Å². The van der Waals surface area contributed by atoms with E-state index in [2.05, 4.69) is 54.5 Å². The smallest absolute Gasteiger partial charge is 0.315 e. The van der Waals surface area contributed by atoms with Gasteiger partial charge in [-0.1, -0.05) is 60.1 Å². The number of rotatable bonds is 2. The van der Waals surface area contributed by atoms with Crippen LogP contribution in [0.3, 0.4) is 0 Å². The van der Waals surface area contributed by atoms with Crippen molar-refractivity contribution in [3.05, 3.63) is 11.6 Å². The van der Waals surface area contributed by atoms with Crippen LogP contribution >= 0.6 is 0 Å². The Kier molecular flexibility index (Phi) is 7.63. The molecule has 0 aromatic rings. The van der Waals surface area contributed by atoms with E-state index in [1.165, 1.54) is 0 Å². The second kappa shape index (κ2) is 10.2. The predicted molar refractivity (Wildman–Crippen MR) is 162 cm³/mol. The maximum absolute atomic E-state index is 14.3. The van der Waals surface area contributed by atoms with E-state index < -0.39 is 71.0 Å². The zero-order valence-electron chi connectivity index (χ0n) is 27.6. The van der Waals surface area contributed by atoms with Gasteiger partial charge in [0.15, 0.2) is 0 Å². The number of carbonyl (C=O) groups is 1. The highest BCUT2D eigenvalue weighted by atomic mass is 16.7. The molecule has 44 heavy (non-hydrogen) atoms. The van der Waals surface area contributed by atoms with E-state index in [1.807, 2.05) is 0 Å². The summed E-state index contributed by atoms with van der Waals surface area (Å²) >= 11 is 0. The fraction of sp³-hybridized carbons (Fsp3) is 0.914. The fourth-order valence-electron chi connectivity index (χ4n) is 11.8. The first kappa shape index (κ1) is 32.9. The van der Waals surface area contributed by atoms with Gasteiger partial charge in [-0.2, -0.15) is 0 Å². The van der Waals surface area contributed by atoms with Crippen LogP contribution in [-0.4, -0.2) is 86.1 Å². The van der Waals surface area contributed by atoms with Gasteiger partial charge in [-0.15, -0.1) is 0 Å². The molecule has 250 valence electrons. The molecular formula is C35H56O9. The molecule has 0 spiro atoms. The topological polar surface area (TPSA) is 157 Å². The molecule has 6 rings (SSSR count). The van der Waals surface area contributed by atoms with E-state index in [1.54, 1.807) is 0 Å². The van der Waals surface area contributed by atoms with E-state index in [4.69, 9.17) is 9.47 Å². The highest BCUT2D eigenvalue weighted by Crippen LogP contribution is 2.75. The Labute approximate surface area is 262 Å². The van der Waals surface area contributed by atoms with E-state index in [-0.39, 0.29) is 34.7 Å². The number of aliphatic hydroxyl groups excluding tert-OH is 6. The number of allylic oxidation sites excluding steroid dienone is 1. The van der Waals surface area contributed by atoms with Crippen molar-refractivity contribution < 1.29 is 44.9 Å². The molecule has 0 radical (unpaired) electrons. The lowest BCUT2D eigenvalue weighted by Crippen LogP contribution is -2.68. The molecule has 1 saturated heterocycles. The summed E-state index contributed by atoms with van der Waals surface area (Å²) in [7, 11) is 0. The average molecular weight is 621 g/mol. The lowest BCUT2D eigenvalue weighted by Gasteiger charge is -2.71. The lowest BCUT2D eigenvalue weighted by atomic mass is 9.33. The van der Waals surface area contributed by atoms with Crippen LogP contribution in [-0.2, 0) is 14.3 Å². The summed E-state index contributed by atoms with van der Waals surface area (Å²) in [6.07, 6.45) is -0.114. The van der Waals surface area contributed by atoms with Gasteiger partial charge in [0.05, 0.1) is 30.3 Å². The van der Waals surface area contributed by atoms with Crippen molar-refractivity contribution in [1.29, 1.82) is 0 Å². The second-order valence-corrected chi connectivity index (χ2v) is 17.6. The van der Waals surface area contributed by atoms with Crippen molar-refractivity contribution in [2.75, 3.05) is 6.61 Å². The van der Waals surface area contributed by atoms with Crippen molar-refractivity contribution in [1.82, 2.24) is 0 Å². The summed E-state index contributed by atoms with van der Waals surface area (Å²) < 4.78 is 11.3. The van der Waals surface area contributed by atoms with E-state index in [0.717, 1.165) is 31.3 Å². The first-order valence-electron chi connectivity index (χ1n) is 16.9. The number of hydrogen-bond donors (Lipinski definition) is 6. The van der Waals surface area contributed by atoms with Gasteiger partial charge < -0.3 is 40.1 Å². The third kappa shape index (κ3) is 4.18. The maximum Gasteiger partial charge on any atom is 0.315 e. The minimum Gasteiger partial charge on any atom is -0.432 e. The zero-order valence-corrected chi connectivity index (χ0v) is 27.6. The number of aliphatic hydroxyl groups is 6. The Morgan fingerprint density at radius 2 is 1.48 bits per heavy atom. The molecule has 0 aromatic heterocycles. The molecule has 1 heterocycles. The molecule has 1 aliphatic heterocycles. The predicted octanol–water partition coefficient (Wildman–Crippen LogP) is 3.07. The van der Waals surface area contributed by atoms with Crippen LogP contribution in [0.15, 0.2) is 11.6 Å². The van der Waals surface area contributed by atoms with Crippen molar-refractivity contribution in [3.8, 4) is 0 Å². The lowest BCUT2D eigenvalue weighted by molar-refractivity contribution is -0.272. The summed E-state index contributed by atoms with van der Waals surface area (Å²) in [5.74, 6) is -0.484. The van der Waals surface area contributed by atoms with Crippen LogP contribution in [0, 0.1) is 50.2 Å². The third-order valence-electron chi connectivity index (χ3n) is 14.9. The number of fused-ring (bicyclic) bond motifs is 7. The standard InChI is InChI=1S/C35H56O9/c1-30(2)12-14-35(29(42)44-28-25(39)24(38)20(37)17-43-28)15-13-33(6)18(23(35)27(30)41)8-9-22-32(5)16-19(36)26(40)31(3,4)21(32)10-11-34(22,33)7/h8,19-28,36-41H,9-17H2,1-7H3/t19-,20+,21+,22-,23-,24-,25+,26+,27+,28-,32+,33-,34-,35+/m1/s1. The Bertz CT molecular complexity index is 1200. The van der Waals surface area contributed by atoms with Crippen LogP contribution in [0.4, 0.5) is 0 Å². The largest absolute Gasteiger partial charge is 0.432 e. The molecule has 0 unspecified atom stereocenters. The van der Waals surface area contributed by atoms with Gasteiger partial charge in [0, 0.05) is 5.92 Å². The highest BCUT2D eigenvalue weighted by molar-refractivity contribution is 5.79. The summed E-state index contributed by atoms with van der Waals surface area (Å²) in [6, 6.07) is 0. The summed E-state index contributed by atoms with van der Waals surface area (Å²) in [5, 5.41) is 64.9. The normalized spacial score (nSPS) is 54.5. The van der Waals surface area contributed by atoms with Crippen LogP contribution in [0.2, 0.25) is 0 Å². The van der Waals surface area contributed by atoms with Gasteiger partial charge in [0.2, 0.25) is 6.29 Å². The molecule has 9 heteroatoms. The van der Waals surface area contributed by atoms with Crippen LogP contribution < -0.4 is 0 Å². The van der Waals surface area contributed by atoms with Gasteiger partial charge in [-0.3, -0.25) is 4.79 Å². The van der Waals surface area contributed by atoms with Gasteiger partial charge in [0.1, 0.15) is 18.3 Å². The monoisotopic (exact) mass is 620 g/mol. The molecule has 14 atom stereocenters. The molecule has 0 bridgehead atoms. The quantitative estimate of drug-likeness (QED) is 0.202. The van der Waals surface area contributed by atoms with Gasteiger partial charge in [-0.25, -0.2) is 0 Å². The molecule has 9 nitrogen and oxygen atoms in total. The number of carbonyl (C=O) groups excluding carboxylic acids is 1. The van der Waals surface area contributed by atoms with Gasteiger partial charge in [-0.05, 0) is 90.3 Å². The minimum absolute atomic E-state index is 0.152. The first-order chi connectivity index (χ1) is 20.3. The van der Waals surface area contributed by atoms with Crippen LogP contribution in [0.1, 0.15) is 99.8 Å². The average Bonchev–Trinajstić information content (AvgIpc) is 2.94. The SMILES string of the molecule is CC1(C)CC[C@]2(C(=O)O[C@H]3OC[C@H](O)[C@@H](O)[C@@H]3O)CC[C@]3(C)C(=CC[C@@H]4[C@@]5(C)C[C@@H](O)[C@H](O)C(C)(C)[C@@H]5CC[C@]43C)[C@@H]2[C@@H]1O. The van der Waals surface area contributed by atoms with E-state index in [9.17, 15) is 35.4 Å². The molecule has 4 saturated carbocycles. The molecule has 5 aliphatic carbocycles. The second-order valence-electron chi connectivity index (χ2n) is 17.6. The van der Waals surface area contributed by atoms with Crippen molar-refractivity contribution in [2.24, 2.45) is 50.2 Å². The maximum atomic E-state index is 14.3.